The number of furan rings is 1. The molecule has 3 aromatic carbocycles. The van der Waals surface area contributed by atoms with Gasteiger partial charge in [0.15, 0.2) is 0 Å². The first-order chi connectivity index (χ1) is 12.7. The average molecular weight is 338 g/mol. The van der Waals surface area contributed by atoms with E-state index in [0.717, 1.165) is 49.9 Å². The number of benzene rings is 3. The summed E-state index contributed by atoms with van der Waals surface area (Å²) < 4.78 is 5.95. The van der Waals surface area contributed by atoms with E-state index < -0.39 is 0 Å². The van der Waals surface area contributed by atoms with E-state index >= 15 is 0 Å². The van der Waals surface area contributed by atoms with Crippen molar-refractivity contribution in [1.82, 2.24) is 4.98 Å². The van der Waals surface area contributed by atoms with Crippen LogP contribution in [0.3, 0.4) is 0 Å². The van der Waals surface area contributed by atoms with Gasteiger partial charge in [0.25, 0.3) is 0 Å². The standard InChI is InChI=1S/C23H18N2O/c1-15-13-21(18-8-3-5-9-20(18)24-15)25(2)16-11-12-23-19(14-16)17-7-4-6-10-22(17)26-23/h3-14H,1-2H3. The van der Waals surface area contributed by atoms with E-state index in [9.17, 15) is 0 Å². The van der Waals surface area contributed by atoms with Gasteiger partial charge in [0.1, 0.15) is 11.2 Å². The Morgan fingerprint density at radius 1 is 0.769 bits per heavy atom. The van der Waals surface area contributed by atoms with Crippen LogP contribution in [-0.4, -0.2) is 12.0 Å². The zero-order valence-electron chi connectivity index (χ0n) is 14.7. The predicted molar refractivity (Wildman–Crippen MR) is 108 cm³/mol. The smallest absolute Gasteiger partial charge is 0.135 e. The van der Waals surface area contributed by atoms with Gasteiger partial charge in [0.05, 0.1) is 11.2 Å². The highest BCUT2D eigenvalue weighted by Crippen LogP contribution is 2.35. The lowest BCUT2D eigenvalue weighted by Crippen LogP contribution is -2.10. The van der Waals surface area contributed by atoms with Gasteiger partial charge < -0.3 is 9.32 Å². The molecular formula is C23H18N2O. The maximum atomic E-state index is 5.95. The fourth-order valence-electron chi connectivity index (χ4n) is 3.62. The number of anilines is 2. The maximum Gasteiger partial charge on any atom is 0.135 e. The zero-order valence-corrected chi connectivity index (χ0v) is 14.7. The Bertz CT molecular complexity index is 1270. The molecule has 5 aromatic rings. The molecule has 0 spiro atoms. The van der Waals surface area contributed by atoms with Crippen molar-refractivity contribution >= 4 is 44.2 Å². The summed E-state index contributed by atoms with van der Waals surface area (Å²) in [5.74, 6) is 0. The van der Waals surface area contributed by atoms with Crippen LogP contribution < -0.4 is 4.90 Å². The lowest BCUT2D eigenvalue weighted by Gasteiger charge is -2.22. The van der Waals surface area contributed by atoms with Gasteiger partial charge >= 0.3 is 0 Å². The molecule has 0 bridgehead atoms. The van der Waals surface area contributed by atoms with Crippen molar-refractivity contribution in [2.75, 3.05) is 11.9 Å². The Kier molecular flexibility index (Phi) is 3.22. The van der Waals surface area contributed by atoms with Gasteiger partial charge in [0, 0.05) is 34.6 Å². The zero-order chi connectivity index (χ0) is 17.7. The van der Waals surface area contributed by atoms with Crippen molar-refractivity contribution in [3.8, 4) is 0 Å². The molecule has 0 unspecified atom stereocenters. The largest absolute Gasteiger partial charge is 0.456 e. The number of hydrogen-bond donors (Lipinski definition) is 0. The molecule has 0 radical (unpaired) electrons. The number of rotatable bonds is 2. The number of hydrogen-bond acceptors (Lipinski definition) is 3. The van der Waals surface area contributed by atoms with Crippen LogP contribution >= 0.6 is 0 Å². The lowest BCUT2D eigenvalue weighted by molar-refractivity contribution is 0.669. The SMILES string of the molecule is Cc1cc(N(C)c2ccc3oc4ccccc4c3c2)c2ccccc2n1. The van der Waals surface area contributed by atoms with Crippen LogP contribution in [-0.2, 0) is 0 Å². The molecule has 126 valence electrons. The van der Waals surface area contributed by atoms with E-state index in [2.05, 4.69) is 65.5 Å². The fourth-order valence-corrected chi connectivity index (χ4v) is 3.62. The summed E-state index contributed by atoms with van der Waals surface area (Å²) >= 11 is 0. The van der Waals surface area contributed by atoms with Crippen molar-refractivity contribution in [2.24, 2.45) is 0 Å². The summed E-state index contributed by atoms with van der Waals surface area (Å²) in [7, 11) is 2.10. The Hall–Kier alpha value is -3.33. The van der Waals surface area contributed by atoms with Crippen LogP contribution in [0.15, 0.2) is 77.2 Å². The first-order valence-electron chi connectivity index (χ1n) is 8.72. The third kappa shape index (κ3) is 2.25. The molecule has 0 aliphatic rings. The van der Waals surface area contributed by atoms with Crippen molar-refractivity contribution in [2.45, 2.75) is 6.92 Å². The van der Waals surface area contributed by atoms with Crippen molar-refractivity contribution in [1.29, 1.82) is 0 Å². The summed E-state index contributed by atoms with van der Waals surface area (Å²) in [5, 5.41) is 3.44. The number of para-hydroxylation sites is 2. The van der Waals surface area contributed by atoms with E-state index in [1.165, 1.54) is 0 Å². The molecule has 26 heavy (non-hydrogen) atoms. The van der Waals surface area contributed by atoms with Crippen LogP contribution in [0.1, 0.15) is 5.69 Å². The minimum atomic E-state index is 0.916. The molecule has 0 N–H and O–H groups in total. The molecule has 2 aromatic heterocycles. The van der Waals surface area contributed by atoms with Gasteiger partial charge in [-0.15, -0.1) is 0 Å². The second kappa shape index (κ2) is 5.60. The molecule has 3 heteroatoms. The number of aryl methyl sites for hydroxylation is 1. The Morgan fingerprint density at radius 2 is 1.50 bits per heavy atom. The average Bonchev–Trinajstić information content (AvgIpc) is 3.04. The van der Waals surface area contributed by atoms with Crippen LogP contribution in [0.4, 0.5) is 11.4 Å². The van der Waals surface area contributed by atoms with E-state index in [1.807, 2.05) is 31.2 Å². The number of aromatic nitrogens is 1. The molecule has 2 heterocycles. The lowest BCUT2D eigenvalue weighted by atomic mass is 10.1. The molecular weight excluding hydrogens is 320 g/mol. The molecule has 3 nitrogen and oxygen atoms in total. The molecule has 0 atom stereocenters. The molecule has 0 aliphatic carbocycles. The minimum absolute atomic E-state index is 0.916. The van der Waals surface area contributed by atoms with Crippen LogP contribution in [0.25, 0.3) is 32.8 Å². The molecule has 5 rings (SSSR count). The van der Waals surface area contributed by atoms with Gasteiger partial charge in [-0.2, -0.15) is 0 Å². The van der Waals surface area contributed by atoms with E-state index in [-0.39, 0.29) is 0 Å². The van der Waals surface area contributed by atoms with E-state index in [1.54, 1.807) is 0 Å². The monoisotopic (exact) mass is 338 g/mol. The molecule has 0 saturated heterocycles. The van der Waals surface area contributed by atoms with Gasteiger partial charge in [-0.05, 0) is 43.3 Å². The Labute approximate surface area is 151 Å². The second-order valence-corrected chi connectivity index (χ2v) is 6.64. The summed E-state index contributed by atoms with van der Waals surface area (Å²) in [5.41, 5.74) is 6.15. The molecule has 0 aliphatic heterocycles. The van der Waals surface area contributed by atoms with Crippen molar-refractivity contribution < 1.29 is 4.42 Å². The maximum absolute atomic E-state index is 5.95. The van der Waals surface area contributed by atoms with Crippen molar-refractivity contribution in [3.63, 3.8) is 0 Å². The van der Waals surface area contributed by atoms with Crippen LogP contribution in [0.2, 0.25) is 0 Å². The van der Waals surface area contributed by atoms with Crippen molar-refractivity contribution in [3.05, 3.63) is 78.5 Å². The number of fused-ring (bicyclic) bond motifs is 4. The third-order valence-electron chi connectivity index (χ3n) is 4.93. The second-order valence-electron chi connectivity index (χ2n) is 6.64. The van der Waals surface area contributed by atoms with Gasteiger partial charge in [0.2, 0.25) is 0 Å². The fraction of sp³-hybridized carbons (Fsp3) is 0.0870. The summed E-state index contributed by atoms with van der Waals surface area (Å²) in [6, 6.07) is 24.9. The van der Waals surface area contributed by atoms with E-state index in [4.69, 9.17) is 4.42 Å². The normalized spacial score (nSPS) is 11.5. The first-order valence-corrected chi connectivity index (χ1v) is 8.72. The third-order valence-corrected chi connectivity index (χ3v) is 4.93. The summed E-state index contributed by atoms with van der Waals surface area (Å²) in [4.78, 5) is 6.87. The van der Waals surface area contributed by atoms with Crippen LogP contribution in [0.5, 0.6) is 0 Å². The predicted octanol–water partition coefficient (Wildman–Crippen LogP) is 6.21. The summed E-state index contributed by atoms with van der Waals surface area (Å²) in [6.07, 6.45) is 0. The molecule has 0 saturated carbocycles. The quantitative estimate of drug-likeness (QED) is 0.383. The van der Waals surface area contributed by atoms with Gasteiger partial charge in [-0.25, -0.2) is 0 Å². The topological polar surface area (TPSA) is 29.3 Å². The minimum Gasteiger partial charge on any atom is -0.456 e. The molecule has 0 amide bonds. The highest BCUT2D eigenvalue weighted by atomic mass is 16.3. The highest BCUT2D eigenvalue weighted by molar-refractivity contribution is 6.06. The van der Waals surface area contributed by atoms with Gasteiger partial charge in [-0.1, -0.05) is 36.4 Å². The highest BCUT2D eigenvalue weighted by Gasteiger charge is 2.13. The van der Waals surface area contributed by atoms with E-state index in [0.29, 0.717) is 0 Å². The first kappa shape index (κ1) is 15.0. The van der Waals surface area contributed by atoms with Gasteiger partial charge in [-0.3, -0.25) is 4.98 Å². The number of nitrogens with zero attached hydrogens (tertiary/aromatic N) is 2. The van der Waals surface area contributed by atoms with Crippen LogP contribution in [0, 0.1) is 6.92 Å². The molecule has 0 fully saturated rings. The number of pyridine rings is 1. The summed E-state index contributed by atoms with van der Waals surface area (Å²) in [6.45, 7) is 2.04. The Balaban J connectivity index is 1.71. The Morgan fingerprint density at radius 3 is 2.38 bits per heavy atom.